The van der Waals surface area contributed by atoms with E-state index in [1.54, 1.807) is 0 Å². The Balaban J connectivity index is 2.44. The largest absolute Gasteiger partial charge is 0.347 e. The number of carbonyl (C=O) groups is 2. The number of hydrogen-bond acceptors (Lipinski definition) is 2. The Morgan fingerprint density at radius 1 is 1.14 bits per heavy atom. The fourth-order valence-electron chi connectivity index (χ4n) is 1.83. The summed E-state index contributed by atoms with van der Waals surface area (Å²) in [5, 5.41) is 5.71. The van der Waals surface area contributed by atoms with Crippen molar-refractivity contribution in [2.75, 3.05) is 25.5 Å². The van der Waals surface area contributed by atoms with E-state index in [1.165, 1.54) is 0 Å². The summed E-state index contributed by atoms with van der Waals surface area (Å²) in [5.41, 5.74) is 0.476. The van der Waals surface area contributed by atoms with E-state index < -0.39 is 0 Å². The lowest BCUT2D eigenvalue weighted by atomic mass is 10.1. The molecule has 21 heavy (non-hydrogen) atoms. The van der Waals surface area contributed by atoms with E-state index in [-0.39, 0.29) is 30.4 Å². The van der Waals surface area contributed by atoms with Gasteiger partial charge in [0.05, 0.1) is 12.7 Å². The highest BCUT2D eigenvalue weighted by atomic mass is 79.9. The number of amides is 2. The summed E-state index contributed by atoms with van der Waals surface area (Å²) < 4.78 is 0.835. The fourth-order valence-corrected chi connectivity index (χ4v) is 2.21. The molecule has 1 aromatic rings. The lowest BCUT2D eigenvalue weighted by Gasteiger charge is -2.21. The minimum Gasteiger partial charge on any atom is -0.347 e. The molecule has 2 amide bonds. The molecule has 0 heterocycles. The molecule has 0 bridgehead atoms. The van der Waals surface area contributed by atoms with Gasteiger partial charge in [-0.15, -0.1) is 0 Å². The lowest BCUT2D eigenvalue weighted by Crippen LogP contribution is -3.11. The van der Waals surface area contributed by atoms with E-state index in [9.17, 15) is 9.59 Å². The Bertz CT molecular complexity index is 512. The Morgan fingerprint density at radius 2 is 1.71 bits per heavy atom. The Kier molecular flexibility index (Phi) is 6.36. The molecule has 6 heteroatoms. The lowest BCUT2D eigenvalue weighted by molar-refractivity contribution is -0.862. The number of anilines is 1. The standard InChI is InChI=1S/C15H22BrN3O2/c1-15(2,3)18-14(21)10-19(4)9-13(20)17-12-8-6-5-7-11(12)16/h5-8H,9-10H2,1-4H3,(H,17,20)(H,18,21)/p+1. The maximum atomic E-state index is 12.0. The van der Waals surface area contributed by atoms with Crippen LogP contribution in [0.2, 0.25) is 0 Å². The highest BCUT2D eigenvalue weighted by Gasteiger charge is 2.18. The van der Waals surface area contributed by atoms with Crippen LogP contribution in [-0.2, 0) is 9.59 Å². The van der Waals surface area contributed by atoms with Crippen LogP contribution in [0, 0.1) is 0 Å². The molecule has 0 fully saturated rings. The number of likely N-dealkylation sites (N-methyl/N-ethyl adjacent to an activating group) is 1. The molecule has 1 unspecified atom stereocenters. The van der Waals surface area contributed by atoms with Crippen LogP contribution in [0.4, 0.5) is 5.69 Å². The highest BCUT2D eigenvalue weighted by molar-refractivity contribution is 9.10. The van der Waals surface area contributed by atoms with E-state index in [0.29, 0.717) is 0 Å². The van der Waals surface area contributed by atoms with Crippen molar-refractivity contribution in [3.63, 3.8) is 0 Å². The van der Waals surface area contributed by atoms with Crippen molar-refractivity contribution in [3.05, 3.63) is 28.7 Å². The van der Waals surface area contributed by atoms with Gasteiger partial charge in [-0.2, -0.15) is 0 Å². The molecular weight excluding hydrogens is 334 g/mol. The molecule has 1 rings (SSSR count). The zero-order valence-electron chi connectivity index (χ0n) is 12.9. The number of rotatable bonds is 5. The number of para-hydroxylation sites is 1. The highest BCUT2D eigenvalue weighted by Crippen LogP contribution is 2.20. The minimum atomic E-state index is -0.255. The second-order valence-electron chi connectivity index (χ2n) is 6.14. The van der Waals surface area contributed by atoms with E-state index in [4.69, 9.17) is 0 Å². The van der Waals surface area contributed by atoms with Crippen molar-refractivity contribution < 1.29 is 14.5 Å². The quantitative estimate of drug-likeness (QED) is 0.731. The number of carbonyl (C=O) groups excluding carboxylic acids is 2. The summed E-state index contributed by atoms with van der Waals surface area (Å²) in [5.74, 6) is -0.184. The first-order valence-corrected chi connectivity index (χ1v) is 7.63. The van der Waals surface area contributed by atoms with Gasteiger partial charge in [0.15, 0.2) is 13.1 Å². The predicted octanol–water partition coefficient (Wildman–Crippen LogP) is 0.817. The first kappa shape index (κ1) is 17.7. The van der Waals surface area contributed by atoms with Crippen LogP contribution in [-0.4, -0.2) is 37.5 Å². The zero-order chi connectivity index (χ0) is 16.0. The summed E-state index contributed by atoms with van der Waals surface area (Å²) in [6, 6.07) is 7.42. The maximum absolute atomic E-state index is 12.0. The van der Waals surface area contributed by atoms with E-state index in [2.05, 4.69) is 26.6 Å². The molecule has 0 radical (unpaired) electrons. The molecule has 0 aliphatic heterocycles. The van der Waals surface area contributed by atoms with Crippen LogP contribution < -0.4 is 15.5 Å². The molecule has 116 valence electrons. The van der Waals surface area contributed by atoms with Crippen molar-refractivity contribution in [2.24, 2.45) is 0 Å². The molecular formula is C15H23BrN3O2+. The minimum absolute atomic E-state index is 0.0614. The Morgan fingerprint density at radius 3 is 2.29 bits per heavy atom. The van der Waals surface area contributed by atoms with Crippen molar-refractivity contribution in [1.29, 1.82) is 0 Å². The second kappa shape index (κ2) is 7.56. The maximum Gasteiger partial charge on any atom is 0.279 e. The number of halogens is 1. The summed E-state index contributed by atoms with van der Waals surface area (Å²) >= 11 is 3.38. The van der Waals surface area contributed by atoms with Crippen LogP contribution in [0.3, 0.4) is 0 Å². The molecule has 0 spiro atoms. The van der Waals surface area contributed by atoms with Gasteiger partial charge < -0.3 is 15.5 Å². The summed E-state index contributed by atoms with van der Waals surface area (Å²) in [7, 11) is 1.82. The van der Waals surface area contributed by atoms with Crippen LogP contribution in [0.15, 0.2) is 28.7 Å². The van der Waals surface area contributed by atoms with Gasteiger partial charge in [-0.05, 0) is 48.8 Å². The third-order valence-electron chi connectivity index (χ3n) is 2.59. The van der Waals surface area contributed by atoms with Gasteiger partial charge in [0.2, 0.25) is 0 Å². The first-order chi connectivity index (χ1) is 9.67. The third-order valence-corrected chi connectivity index (χ3v) is 3.28. The average molecular weight is 357 g/mol. The fraction of sp³-hybridized carbons (Fsp3) is 0.467. The first-order valence-electron chi connectivity index (χ1n) is 6.84. The smallest absolute Gasteiger partial charge is 0.279 e. The SMILES string of the molecule is C[NH+](CC(=O)Nc1ccccc1Br)CC(=O)NC(C)(C)C. The molecule has 3 N–H and O–H groups in total. The van der Waals surface area contributed by atoms with Crippen molar-refractivity contribution >= 4 is 33.4 Å². The summed E-state index contributed by atoms with van der Waals surface area (Å²) in [4.78, 5) is 24.6. The van der Waals surface area contributed by atoms with Gasteiger partial charge in [-0.3, -0.25) is 9.59 Å². The number of hydrogen-bond donors (Lipinski definition) is 3. The van der Waals surface area contributed by atoms with Gasteiger partial charge in [0.1, 0.15) is 0 Å². The van der Waals surface area contributed by atoms with Gasteiger partial charge in [0.25, 0.3) is 11.8 Å². The number of benzene rings is 1. The number of nitrogens with one attached hydrogen (secondary N) is 3. The molecule has 0 saturated heterocycles. The van der Waals surface area contributed by atoms with Crippen LogP contribution in [0.5, 0.6) is 0 Å². The molecule has 0 saturated carbocycles. The van der Waals surface area contributed by atoms with Gasteiger partial charge in [-0.25, -0.2) is 0 Å². The van der Waals surface area contributed by atoms with Crippen molar-refractivity contribution in [1.82, 2.24) is 5.32 Å². The van der Waals surface area contributed by atoms with Crippen LogP contribution >= 0.6 is 15.9 Å². The summed E-state index contributed by atoms with van der Waals surface area (Å²) in [6.07, 6.45) is 0. The van der Waals surface area contributed by atoms with E-state index in [1.807, 2.05) is 52.1 Å². The van der Waals surface area contributed by atoms with E-state index >= 15 is 0 Å². The normalized spacial score (nSPS) is 12.6. The second-order valence-corrected chi connectivity index (χ2v) is 6.99. The van der Waals surface area contributed by atoms with E-state index in [0.717, 1.165) is 15.1 Å². The Hall–Kier alpha value is -1.40. The third kappa shape index (κ3) is 7.24. The molecule has 0 aliphatic carbocycles. The Labute approximate surface area is 134 Å². The van der Waals surface area contributed by atoms with Gasteiger partial charge in [0, 0.05) is 10.0 Å². The monoisotopic (exact) mass is 356 g/mol. The molecule has 0 aliphatic rings. The van der Waals surface area contributed by atoms with Crippen LogP contribution in [0.1, 0.15) is 20.8 Å². The molecule has 1 atom stereocenters. The van der Waals surface area contributed by atoms with Crippen molar-refractivity contribution in [3.8, 4) is 0 Å². The predicted molar refractivity (Wildman–Crippen MR) is 87.3 cm³/mol. The van der Waals surface area contributed by atoms with Crippen LogP contribution in [0.25, 0.3) is 0 Å². The molecule has 1 aromatic carbocycles. The summed E-state index contributed by atoms with van der Waals surface area (Å²) in [6.45, 7) is 6.29. The average Bonchev–Trinajstić information content (AvgIpc) is 2.28. The number of quaternary nitrogens is 1. The molecule has 0 aromatic heterocycles. The molecule has 5 nitrogen and oxygen atoms in total. The van der Waals surface area contributed by atoms with Gasteiger partial charge in [-0.1, -0.05) is 12.1 Å². The zero-order valence-corrected chi connectivity index (χ0v) is 14.5. The van der Waals surface area contributed by atoms with Crippen molar-refractivity contribution in [2.45, 2.75) is 26.3 Å². The van der Waals surface area contributed by atoms with Gasteiger partial charge >= 0.3 is 0 Å². The topological polar surface area (TPSA) is 62.6 Å².